The predicted molar refractivity (Wildman–Crippen MR) is 90.4 cm³/mol. The van der Waals surface area contributed by atoms with Gasteiger partial charge in [-0.2, -0.15) is 0 Å². The van der Waals surface area contributed by atoms with Gasteiger partial charge in [0.05, 0.1) is 5.69 Å². The van der Waals surface area contributed by atoms with Gasteiger partial charge in [-0.05, 0) is 25.1 Å². The fourth-order valence-corrected chi connectivity index (χ4v) is 3.82. The number of hydrogen-bond donors (Lipinski definition) is 0. The molecule has 3 aromatic rings. The molecule has 100 valence electrons. The van der Waals surface area contributed by atoms with Crippen LogP contribution in [0.3, 0.4) is 0 Å². The maximum Gasteiger partial charge on any atom is 0.125 e. The number of thiazole rings is 1. The standard InChI is InChI=1S/C16H11BrClNS/c1-10-15(11-5-4-6-12(18)9-11)19-16(20-10)13-7-2-3-8-14(13)17/h2-9H,1H3. The molecule has 0 spiro atoms. The van der Waals surface area contributed by atoms with Crippen molar-refractivity contribution in [3.63, 3.8) is 0 Å². The minimum atomic E-state index is 0.734. The Morgan fingerprint density at radius 1 is 1.10 bits per heavy atom. The van der Waals surface area contributed by atoms with Crippen molar-refractivity contribution < 1.29 is 0 Å². The number of halogens is 2. The fourth-order valence-electron chi connectivity index (χ4n) is 2.05. The van der Waals surface area contributed by atoms with Crippen LogP contribution in [-0.2, 0) is 0 Å². The van der Waals surface area contributed by atoms with Crippen molar-refractivity contribution in [3.8, 4) is 21.8 Å². The minimum Gasteiger partial charge on any atom is -0.236 e. The minimum absolute atomic E-state index is 0.734. The summed E-state index contributed by atoms with van der Waals surface area (Å²) in [6.07, 6.45) is 0. The van der Waals surface area contributed by atoms with Crippen LogP contribution < -0.4 is 0 Å². The highest BCUT2D eigenvalue weighted by atomic mass is 79.9. The van der Waals surface area contributed by atoms with Gasteiger partial charge in [-0.1, -0.05) is 57.9 Å². The fraction of sp³-hybridized carbons (Fsp3) is 0.0625. The van der Waals surface area contributed by atoms with Crippen molar-refractivity contribution in [2.24, 2.45) is 0 Å². The molecular formula is C16H11BrClNS. The van der Waals surface area contributed by atoms with Crippen molar-refractivity contribution in [2.45, 2.75) is 6.92 Å². The van der Waals surface area contributed by atoms with Gasteiger partial charge in [0, 0.05) is 25.5 Å². The van der Waals surface area contributed by atoms with E-state index < -0.39 is 0 Å². The highest BCUT2D eigenvalue weighted by Crippen LogP contribution is 2.36. The van der Waals surface area contributed by atoms with Crippen LogP contribution in [0.4, 0.5) is 0 Å². The summed E-state index contributed by atoms with van der Waals surface area (Å²) < 4.78 is 1.06. The van der Waals surface area contributed by atoms with Gasteiger partial charge in [0.15, 0.2) is 0 Å². The van der Waals surface area contributed by atoms with E-state index in [4.69, 9.17) is 16.6 Å². The van der Waals surface area contributed by atoms with E-state index in [1.807, 2.05) is 42.5 Å². The van der Waals surface area contributed by atoms with Crippen LogP contribution in [0, 0.1) is 6.92 Å². The second-order valence-electron chi connectivity index (χ2n) is 4.41. The lowest BCUT2D eigenvalue weighted by atomic mass is 10.1. The molecule has 3 rings (SSSR count). The van der Waals surface area contributed by atoms with E-state index in [1.54, 1.807) is 11.3 Å². The van der Waals surface area contributed by atoms with Gasteiger partial charge in [-0.15, -0.1) is 11.3 Å². The van der Waals surface area contributed by atoms with Gasteiger partial charge in [-0.25, -0.2) is 4.98 Å². The summed E-state index contributed by atoms with van der Waals surface area (Å²) in [6.45, 7) is 2.09. The lowest BCUT2D eigenvalue weighted by Gasteiger charge is -2.00. The molecule has 0 bridgehead atoms. The average Bonchev–Trinajstić information content (AvgIpc) is 2.81. The van der Waals surface area contributed by atoms with Gasteiger partial charge in [0.2, 0.25) is 0 Å². The molecular weight excluding hydrogens is 354 g/mol. The molecule has 0 aliphatic carbocycles. The number of benzene rings is 2. The first-order valence-corrected chi connectivity index (χ1v) is 8.12. The zero-order valence-corrected chi connectivity index (χ0v) is 13.9. The van der Waals surface area contributed by atoms with E-state index in [-0.39, 0.29) is 0 Å². The number of nitrogens with zero attached hydrogens (tertiary/aromatic N) is 1. The van der Waals surface area contributed by atoms with Crippen LogP contribution >= 0.6 is 38.9 Å². The second-order valence-corrected chi connectivity index (χ2v) is 6.91. The number of rotatable bonds is 2. The monoisotopic (exact) mass is 363 g/mol. The molecule has 0 saturated carbocycles. The van der Waals surface area contributed by atoms with Gasteiger partial charge in [0.25, 0.3) is 0 Å². The zero-order valence-electron chi connectivity index (χ0n) is 10.7. The molecule has 0 N–H and O–H groups in total. The van der Waals surface area contributed by atoms with Crippen molar-refractivity contribution >= 4 is 38.9 Å². The van der Waals surface area contributed by atoms with Gasteiger partial charge in [-0.3, -0.25) is 0 Å². The summed E-state index contributed by atoms with van der Waals surface area (Å²) in [6, 6.07) is 16.0. The highest BCUT2D eigenvalue weighted by molar-refractivity contribution is 9.10. The smallest absolute Gasteiger partial charge is 0.125 e. The Balaban J connectivity index is 2.10. The molecule has 0 saturated heterocycles. The summed E-state index contributed by atoms with van der Waals surface area (Å²) in [5, 5.41) is 1.75. The predicted octanol–water partition coefficient (Wildman–Crippen LogP) is 6.20. The molecule has 1 aromatic heterocycles. The van der Waals surface area contributed by atoms with Crippen LogP contribution in [0.15, 0.2) is 53.0 Å². The van der Waals surface area contributed by atoms with Gasteiger partial charge >= 0.3 is 0 Å². The maximum absolute atomic E-state index is 6.06. The third-order valence-corrected chi connectivity index (χ3v) is 4.93. The first-order valence-electron chi connectivity index (χ1n) is 6.13. The Morgan fingerprint density at radius 3 is 2.65 bits per heavy atom. The van der Waals surface area contributed by atoms with Crippen LogP contribution in [0.5, 0.6) is 0 Å². The quantitative estimate of drug-likeness (QED) is 0.527. The first-order chi connectivity index (χ1) is 9.65. The van der Waals surface area contributed by atoms with E-state index >= 15 is 0 Å². The molecule has 0 fully saturated rings. The van der Waals surface area contributed by atoms with Crippen molar-refractivity contribution in [1.29, 1.82) is 0 Å². The number of aryl methyl sites for hydroxylation is 1. The van der Waals surface area contributed by atoms with Crippen LogP contribution in [-0.4, -0.2) is 4.98 Å². The summed E-state index contributed by atoms with van der Waals surface area (Å²) in [5.41, 5.74) is 3.18. The highest BCUT2D eigenvalue weighted by Gasteiger charge is 2.13. The third kappa shape index (κ3) is 2.66. The van der Waals surface area contributed by atoms with E-state index in [1.165, 1.54) is 4.88 Å². The van der Waals surface area contributed by atoms with E-state index in [0.717, 1.165) is 31.3 Å². The Bertz CT molecular complexity index is 767. The van der Waals surface area contributed by atoms with E-state index in [9.17, 15) is 0 Å². The molecule has 2 aromatic carbocycles. The number of aromatic nitrogens is 1. The topological polar surface area (TPSA) is 12.9 Å². The van der Waals surface area contributed by atoms with Crippen molar-refractivity contribution in [1.82, 2.24) is 4.98 Å². The lowest BCUT2D eigenvalue weighted by molar-refractivity contribution is 1.37. The third-order valence-electron chi connectivity index (χ3n) is 3.00. The van der Waals surface area contributed by atoms with Crippen LogP contribution in [0.25, 0.3) is 21.8 Å². The SMILES string of the molecule is Cc1sc(-c2ccccc2Br)nc1-c1cccc(Cl)c1. The molecule has 1 heterocycles. The molecule has 1 nitrogen and oxygen atoms in total. The second kappa shape index (κ2) is 5.68. The zero-order chi connectivity index (χ0) is 14.1. The van der Waals surface area contributed by atoms with Crippen LogP contribution in [0.1, 0.15) is 4.88 Å². The van der Waals surface area contributed by atoms with Crippen molar-refractivity contribution in [2.75, 3.05) is 0 Å². The van der Waals surface area contributed by atoms with E-state index in [0.29, 0.717) is 0 Å². The molecule has 0 atom stereocenters. The maximum atomic E-state index is 6.06. The molecule has 0 amide bonds. The largest absolute Gasteiger partial charge is 0.236 e. The van der Waals surface area contributed by atoms with E-state index in [2.05, 4.69) is 28.9 Å². The summed E-state index contributed by atoms with van der Waals surface area (Å²) in [5.74, 6) is 0. The Kier molecular flexibility index (Phi) is 3.92. The molecule has 20 heavy (non-hydrogen) atoms. The van der Waals surface area contributed by atoms with Crippen LogP contribution in [0.2, 0.25) is 5.02 Å². The molecule has 0 unspecified atom stereocenters. The lowest BCUT2D eigenvalue weighted by Crippen LogP contribution is -1.82. The summed E-state index contributed by atoms with van der Waals surface area (Å²) in [7, 11) is 0. The normalized spacial score (nSPS) is 10.8. The Morgan fingerprint density at radius 2 is 1.90 bits per heavy atom. The van der Waals surface area contributed by atoms with Gasteiger partial charge in [0.1, 0.15) is 5.01 Å². The van der Waals surface area contributed by atoms with Gasteiger partial charge < -0.3 is 0 Å². The summed E-state index contributed by atoms with van der Waals surface area (Å²) >= 11 is 11.3. The average molecular weight is 365 g/mol. The summed E-state index contributed by atoms with van der Waals surface area (Å²) in [4.78, 5) is 5.97. The molecule has 4 heteroatoms. The Labute approximate surface area is 135 Å². The number of hydrogen-bond acceptors (Lipinski definition) is 2. The first kappa shape index (κ1) is 13.8. The molecule has 0 aliphatic rings. The Hall–Kier alpha value is -1.16. The molecule has 0 radical (unpaired) electrons. The molecule has 0 aliphatic heterocycles. The van der Waals surface area contributed by atoms with Crippen molar-refractivity contribution in [3.05, 3.63) is 62.9 Å².